The predicted molar refractivity (Wildman–Crippen MR) is 85.1 cm³/mol. The normalized spacial score (nSPS) is 14.1. The van der Waals surface area contributed by atoms with Gasteiger partial charge in [-0.1, -0.05) is 18.2 Å². The van der Waals surface area contributed by atoms with E-state index in [2.05, 4.69) is 4.98 Å². The van der Waals surface area contributed by atoms with Gasteiger partial charge in [0.25, 0.3) is 0 Å². The molecule has 3 rings (SSSR count). The molecule has 0 saturated heterocycles. The van der Waals surface area contributed by atoms with Crippen molar-refractivity contribution in [3.05, 3.63) is 51.7 Å². The van der Waals surface area contributed by atoms with E-state index in [1.165, 1.54) is 6.07 Å². The van der Waals surface area contributed by atoms with E-state index < -0.39 is 0 Å². The lowest BCUT2D eigenvalue weighted by Crippen LogP contribution is -2.32. The van der Waals surface area contributed by atoms with E-state index in [1.807, 2.05) is 17.2 Å². The Balaban J connectivity index is 1.62. The zero-order chi connectivity index (χ0) is 15.5. The fourth-order valence-corrected chi connectivity index (χ4v) is 3.15. The van der Waals surface area contributed by atoms with Crippen molar-refractivity contribution in [2.75, 3.05) is 0 Å². The molecule has 1 amide bonds. The van der Waals surface area contributed by atoms with Gasteiger partial charge in [0.1, 0.15) is 5.82 Å². The maximum atomic E-state index is 13.6. The van der Waals surface area contributed by atoms with Gasteiger partial charge in [-0.2, -0.15) is 0 Å². The summed E-state index contributed by atoms with van der Waals surface area (Å²) < 4.78 is 13.6. The van der Waals surface area contributed by atoms with Gasteiger partial charge in [-0.25, -0.2) is 9.37 Å². The second-order valence-corrected chi connectivity index (χ2v) is 6.76. The van der Waals surface area contributed by atoms with Gasteiger partial charge in [0, 0.05) is 17.8 Å². The van der Waals surface area contributed by atoms with Gasteiger partial charge in [0.15, 0.2) is 0 Å². The van der Waals surface area contributed by atoms with Crippen molar-refractivity contribution >= 4 is 17.2 Å². The Kier molecular flexibility index (Phi) is 4.52. The molecule has 0 spiro atoms. The standard InChI is InChI=1S/C17H19FN2OS/c1-12-19-14(11-22-12)10-20(15-7-8-15)17(21)9-6-13-4-2-3-5-16(13)18/h2-5,11,15H,6-10H2,1H3. The van der Waals surface area contributed by atoms with Crippen molar-refractivity contribution < 1.29 is 9.18 Å². The van der Waals surface area contributed by atoms with Gasteiger partial charge in [0.2, 0.25) is 5.91 Å². The Bertz CT molecular complexity index is 666. The van der Waals surface area contributed by atoms with E-state index in [9.17, 15) is 9.18 Å². The highest BCUT2D eigenvalue weighted by Crippen LogP contribution is 2.29. The highest BCUT2D eigenvalue weighted by molar-refractivity contribution is 7.09. The summed E-state index contributed by atoms with van der Waals surface area (Å²) in [5.41, 5.74) is 1.56. The number of hydrogen-bond acceptors (Lipinski definition) is 3. The Hall–Kier alpha value is -1.75. The number of nitrogens with zero attached hydrogens (tertiary/aromatic N) is 2. The maximum Gasteiger partial charge on any atom is 0.223 e. The summed E-state index contributed by atoms with van der Waals surface area (Å²) in [6.45, 7) is 2.54. The summed E-state index contributed by atoms with van der Waals surface area (Å²) in [4.78, 5) is 18.9. The third-order valence-corrected chi connectivity index (χ3v) is 4.70. The molecule has 2 aromatic rings. The largest absolute Gasteiger partial charge is 0.334 e. The highest BCUT2D eigenvalue weighted by atomic mass is 32.1. The van der Waals surface area contributed by atoms with Crippen LogP contribution < -0.4 is 0 Å². The van der Waals surface area contributed by atoms with Crippen molar-refractivity contribution in [1.82, 2.24) is 9.88 Å². The van der Waals surface area contributed by atoms with E-state index in [4.69, 9.17) is 0 Å². The number of carbonyl (C=O) groups is 1. The van der Waals surface area contributed by atoms with Crippen LogP contribution in [0.15, 0.2) is 29.6 Å². The molecule has 0 bridgehead atoms. The first-order valence-electron chi connectivity index (χ1n) is 7.57. The second kappa shape index (κ2) is 6.57. The molecule has 1 saturated carbocycles. The van der Waals surface area contributed by atoms with E-state index in [1.54, 1.807) is 29.5 Å². The number of thiazole rings is 1. The van der Waals surface area contributed by atoms with Crippen LogP contribution >= 0.6 is 11.3 Å². The quantitative estimate of drug-likeness (QED) is 0.813. The molecular formula is C17H19FN2OS. The molecule has 0 N–H and O–H groups in total. The number of hydrogen-bond donors (Lipinski definition) is 0. The average Bonchev–Trinajstić information content (AvgIpc) is 3.26. The van der Waals surface area contributed by atoms with E-state index in [0.717, 1.165) is 23.5 Å². The minimum Gasteiger partial charge on any atom is -0.334 e. The fraction of sp³-hybridized carbons (Fsp3) is 0.412. The number of benzene rings is 1. The second-order valence-electron chi connectivity index (χ2n) is 5.70. The van der Waals surface area contributed by atoms with Crippen LogP contribution in [-0.4, -0.2) is 21.8 Å². The van der Waals surface area contributed by atoms with Crippen LogP contribution in [0.4, 0.5) is 4.39 Å². The molecular weight excluding hydrogens is 299 g/mol. The summed E-state index contributed by atoms with van der Waals surface area (Å²) in [7, 11) is 0. The Morgan fingerprint density at radius 1 is 1.41 bits per heavy atom. The van der Waals surface area contributed by atoms with Crippen LogP contribution in [0.3, 0.4) is 0 Å². The fourth-order valence-electron chi connectivity index (χ4n) is 2.55. The average molecular weight is 318 g/mol. The zero-order valence-corrected chi connectivity index (χ0v) is 13.4. The van der Waals surface area contributed by atoms with Crippen LogP contribution in [0.5, 0.6) is 0 Å². The topological polar surface area (TPSA) is 33.2 Å². The van der Waals surface area contributed by atoms with Gasteiger partial charge in [0.05, 0.1) is 17.2 Å². The molecule has 1 fully saturated rings. The minimum atomic E-state index is -0.233. The molecule has 0 unspecified atom stereocenters. The van der Waals surface area contributed by atoms with Crippen LogP contribution in [0.1, 0.15) is 35.5 Å². The molecule has 0 aliphatic heterocycles. The first kappa shape index (κ1) is 15.2. The number of aromatic nitrogens is 1. The van der Waals surface area contributed by atoms with Gasteiger partial charge in [-0.05, 0) is 37.8 Å². The lowest BCUT2D eigenvalue weighted by molar-refractivity contribution is -0.132. The van der Waals surface area contributed by atoms with Gasteiger partial charge in [-0.3, -0.25) is 4.79 Å². The monoisotopic (exact) mass is 318 g/mol. The minimum absolute atomic E-state index is 0.0939. The summed E-state index contributed by atoms with van der Waals surface area (Å²) in [6.07, 6.45) is 2.93. The van der Waals surface area contributed by atoms with Crippen LogP contribution in [0, 0.1) is 12.7 Å². The molecule has 1 aromatic heterocycles. The summed E-state index contributed by atoms with van der Waals surface area (Å²) in [5, 5.41) is 3.03. The lowest BCUT2D eigenvalue weighted by Gasteiger charge is -2.21. The van der Waals surface area contributed by atoms with Crippen molar-refractivity contribution in [2.24, 2.45) is 0 Å². The summed E-state index contributed by atoms with van der Waals surface area (Å²) in [5.74, 6) is -0.139. The molecule has 0 radical (unpaired) electrons. The third kappa shape index (κ3) is 3.71. The third-order valence-electron chi connectivity index (χ3n) is 3.87. The van der Waals surface area contributed by atoms with Crippen molar-refractivity contribution in [3.63, 3.8) is 0 Å². The van der Waals surface area contributed by atoms with Crippen LogP contribution in [0.25, 0.3) is 0 Å². The smallest absolute Gasteiger partial charge is 0.223 e. The molecule has 22 heavy (non-hydrogen) atoms. The number of halogens is 1. The van der Waals surface area contributed by atoms with E-state index >= 15 is 0 Å². The van der Waals surface area contributed by atoms with E-state index in [-0.39, 0.29) is 11.7 Å². The molecule has 1 aliphatic rings. The maximum absolute atomic E-state index is 13.6. The van der Waals surface area contributed by atoms with Crippen LogP contribution in [-0.2, 0) is 17.8 Å². The SMILES string of the molecule is Cc1nc(CN(C(=O)CCc2ccccc2F)C2CC2)cs1. The van der Waals surface area contributed by atoms with Crippen molar-refractivity contribution in [3.8, 4) is 0 Å². The molecule has 5 heteroatoms. The molecule has 116 valence electrons. The summed E-state index contributed by atoms with van der Waals surface area (Å²) in [6, 6.07) is 7.00. The number of aryl methyl sites for hydroxylation is 2. The lowest BCUT2D eigenvalue weighted by atomic mass is 10.1. The number of carbonyl (C=O) groups excluding carboxylic acids is 1. The Morgan fingerprint density at radius 3 is 2.82 bits per heavy atom. The van der Waals surface area contributed by atoms with Gasteiger partial charge in [-0.15, -0.1) is 11.3 Å². The van der Waals surface area contributed by atoms with Crippen molar-refractivity contribution in [2.45, 2.75) is 45.2 Å². The Morgan fingerprint density at radius 2 is 2.18 bits per heavy atom. The zero-order valence-electron chi connectivity index (χ0n) is 12.6. The molecule has 0 atom stereocenters. The van der Waals surface area contributed by atoms with Crippen LogP contribution in [0.2, 0.25) is 0 Å². The summed E-state index contributed by atoms with van der Waals surface area (Å²) >= 11 is 1.60. The van der Waals surface area contributed by atoms with Crippen molar-refractivity contribution in [1.29, 1.82) is 0 Å². The van der Waals surface area contributed by atoms with Gasteiger partial charge >= 0.3 is 0 Å². The highest BCUT2D eigenvalue weighted by Gasteiger charge is 2.32. The first-order valence-corrected chi connectivity index (χ1v) is 8.45. The molecule has 1 aliphatic carbocycles. The van der Waals surface area contributed by atoms with E-state index in [0.29, 0.717) is 31.0 Å². The Labute approximate surface area is 133 Å². The first-order chi connectivity index (χ1) is 10.6. The number of rotatable bonds is 6. The molecule has 1 aromatic carbocycles. The number of amides is 1. The predicted octanol–water partition coefficient (Wildman–Crippen LogP) is 3.71. The van der Waals surface area contributed by atoms with Gasteiger partial charge < -0.3 is 4.90 Å². The molecule has 1 heterocycles. The molecule has 3 nitrogen and oxygen atoms in total.